The fourth-order valence-corrected chi connectivity index (χ4v) is 5.99. The number of fused-ring (bicyclic) bond motifs is 1. The number of hydrogen-bond acceptors (Lipinski definition) is 8. The molecule has 0 N–H and O–H groups in total. The number of carbonyl (C=O) groups is 3. The minimum atomic E-state index is -1.01. The highest BCUT2D eigenvalue weighted by Gasteiger charge is 2.61. The summed E-state index contributed by atoms with van der Waals surface area (Å²) in [5.41, 5.74) is 3.56. The van der Waals surface area contributed by atoms with E-state index in [0.29, 0.717) is 5.56 Å². The van der Waals surface area contributed by atoms with E-state index in [1.54, 1.807) is 12.0 Å². The van der Waals surface area contributed by atoms with Crippen LogP contribution in [0.1, 0.15) is 32.4 Å². The molecule has 2 aliphatic heterocycles. The Hall–Kier alpha value is -3.69. The average molecular weight is 506 g/mol. The Kier molecular flexibility index (Phi) is 6.05. The number of rotatable bonds is 5. The molecule has 8 nitrogen and oxygen atoms in total. The number of esters is 1. The monoisotopic (exact) mass is 505 g/mol. The van der Waals surface area contributed by atoms with Crippen molar-refractivity contribution in [1.82, 2.24) is 0 Å². The summed E-state index contributed by atoms with van der Waals surface area (Å²) >= 11 is 1.24. The number of imide groups is 1. The van der Waals surface area contributed by atoms with Crippen LogP contribution in [0.15, 0.2) is 54.6 Å². The lowest BCUT2D eigenvalue weighted by Crippen LogP contribution is -2.37. The van der Waals surface area contributed by atoms with Crippen LogP contribution >= 0.6 is 11.3 Å². The molecule has 0 unspecified atom stereocenters. The van der Waals surface area contributed by atoms with E-state index < -0.39 is 35.8 Å². The van der Waals surface area contributed by atoms with Crippen LogP contribution in [0.25, 0.3) is 0 Å². The first-order chi connectivity index (χ1) is 17.2. The Morgan fingerprint density at radius 3 is 2.28 bits per heavy atom. The number of anilines is 3. The molecule has 3 aromatic rings. The molecule has 5 rings (SSSR count). The molecule has 0 spiro atoms. The van der Waals surface area contributed by atoms with Crippen molar-refractivity contribution in [2.45, 2.75) is 26.0 Å². The van der Waals surface area contributed by atoms with Gasteiger partial charge in [-0.15, -0.1) is 11.3 Å². The van der Waals surface area contributed by atoms with Gasteiger partial charge in [-0.3, -0.25) is 14.4 Å². The minimum Gasteiger partial charge on any atom is -0.465 e. The van der Waals surface area contributed by atoms with Crippen molar-refractivity contribution in [1.29, 1.82) is 0 Å². The van der Waals surface area contributed by atoms with Gasteiger partial charge < -0.3 is 9.64 Å². The third kappa shape index (κ3) is 3.66. The Bertz CT molecular complexity index is 1340. The van der Waals surface area contributed by atoms with Gasteiger partial charge in [0.05, 0.1) is 24.4 Å². The number of para-hydroxylation sites is 1. The average Bonchev–Trinajstić information content (AvgIpc) is 3.49. The summed E-state index contributed by atoms with van der Waals surface area (Å²) in [6, 6.07) is 16.8. The fraction of sp³-hybridized carbons (Fsp3) is 0.296. The number of methoxy groups -OCH3 is 1. The fourth-order valence-electron chi connectivity index (χ4n) is 4.83. The van der Waals surface area contributed by atoms with Gasteiger partial charge in [0.1, 0.15) is 10.9 Å². The second-order valence-electron chi connectivity index (χ2n) is 9.11. The van der Waals surface area contributed by atoms with Crippen LogP contribution in [0.2, 0.25) is 0 Å². The molecule has 2 amide bonds. The lowest BCUT2D eigenvalue weighted by molar-refractivity contribution is -0.126. The zero-order valence-corrected chi connectivity index (χ0v) is 21.5. The zero-order valence-electron chi connectivity index (χ0n) is 20.7. The van der Waals surface area contributed by atoms with Gasteiger partial charge >= 0.3 is 5.97 Å². The van der Waals surface area contributed by atoms with Crippen LogP contribution in [0.5, 0.6) is 0 Å². The van der Waals surface area contributed by atoms with E-state index in [0.717, 1.165) is 26.7 Å². The van der Waals surface area contributed by atoms with Crippen molar-refractivity contribution in [3.8, 4) is 0 Å². The van der Waals surface area contributed by atoms with Crippen LogP contribution < -0.4 is 14.9 Å². The second kappa shape index (κ2) is 9.07. The van der Waals surface area contributed by atoms with Crippen molar-refractivity contribution in [2.75, 3.05) is 36.1 Å². The van der Waals surface area contributed by atoms with E-state index in [2.05, 4.69) is 0 Å². The number of hydrogen-bond donors (Lipinski definition) is 0. The smallest absolute Gasteiger partial charge is 0.341 e. The second-order valence-corrected chi connectivity index (χ2v) is 10.3. The van der Waals surface area contributed by atoms with Gasteiger partial charge in [0, 0.05) is 24.7 Å². The van der Waals surface area contributed by atoms with E-state index in [1.807, 2.05) is 80.5 Å². The van der Waals surface area contributed by atoms with Gasteiger partial charge in [-0.1, -0.05) is 30.3 Å². The first-order valence-electron chi connectivity index (χ1n) is 11.6. The summed E-state index contributed by atoms with van der Waals surface area (Å²) in [6.07, 6.45) is -1.01. The van der Waals surface area contributed by atoms with Crippen molar-refractivity contribution < 1.29 is 24.0 Å². The number of benzene rings is 2. The molecule has 2 fully saturated rings. The standard InChI is InChI=1S/C27H27N3O5S/c1-15-16(2)36-26(20(15)27(33)34-5)29-24(31)21-22(17-11-13-18(14-12-17)28(3)4)30(35-23(21)25(29)32)19-9-7-6-8-10-19/h6-14,21-23H,1-5H3/t21-,22-,23+/m1/s1. The molecule has 0 saturated carbocycles. The van der Waals surface area contributed by atoms with Crippen molar-refractivity contribution in [3.05, 3.63) is 76.2 Å². The maximum Gasteiger partial charge on any atom is 0.341 e. The van der Waals surface area contributed by atoms with Crippen LogP contribution in [0.4, 0.5) is 16.4 Å². The molecule has 0 radical (unpaired) electrons. The van der Waals surface area contributed by atoms with Gasteiger partial charge in [-0.2, -0.15) is 0 Å². The Balaban J connectivity index is 1.60. The third-order valence-corrected chi connectivity index (χ3v) is 8.03. The van der Waals surface area contributed by atoms with Crippen molar-refractivity contribution in [3.63, 3.8) is 0 Å². The number of ether oxygens (including phenoxy) is 1. The number of carbonyl (C=O) groups excluding carboxylic acids is 3. The van der Waals surface area contributed by atoms with Crippen LogP contribution in [-0.2, 0) is 19.2 Å². The Morgan fingerprint density at radius 2 is 1.67 bits per heavy atom. The Morgan fingerprint density at radius 1 is 1.00 bits per heavy atom. The van der Waals surface area contributed by atoms with E-state index >= 15 is 0 Å². The van der Waals surface area contributed by atoms with Gasteiger partial charge in [-0.25, -0.2) is 14.8 Å². The van der Waals surface area contributed by atoms with Crippen LogP contribution in [-0.4, -0.2) is 45.1 Å². The maximum absolute atomic E-state index is 14.0. The molecular weight excluding hydrogens is 478 g/mol. The Labute approximate surface area is 213 Å². The SMILES string of the molecule is COC(=O)c1c(N2C(=O)[C@H]3[C@H](ON(c4ccccc4)[C@@H]3c3ccc(N(C)C)cc3)C2=O)sc(C)c1C. The zero-order chi connectivity index (χ0) is 25.7. The highest BCUT2D eigenvalue weighted by atomic mass is 32.1. The molecule has 0 bridgehead atoms. The molecular formula is C27H27N3O5S. The molecule has 2 aliphatic rings. The number of nitrogens with zero attached hydrogens (tertiary/aromatic N) is 3. The lowest BCUT2D eigenvalue weighted by Gasteiger charge is -2.29. The number of aryl methyl sites for hydroxylation is 1. The first kappa shape index (κ1) is 24.0. The number of hydroxylamine groups is 1. The van der Waals surface area contributed by atoms with Gasteiger partial charge in [-0.05, 0) is 49.2 Å². The topological polar surface area (TPSA) is 79.4 Å². The van der Waals surface area contributed by atoms with E-state index in [1.165, 1.54) is 18.4 Å². The molecule has 1 aromatic heterocycles. The van der Waals surface area contributed by atoms with Crippen LogP contribution in [0.3, 0.4) is 0 Å². The number of amides is 2. The molecule has 9 heteroatoms. The first-order valence-corrected chi connectivity index (χ1v) is 12.4. The third-order valence-electron chi connectivity index (χ3n) is 6.84. The van der Waals surface area contributed by atoms with Gasteiger partial charge in [0.2, 0.25) is 5.91 Å². The predicted octanol–water partition coefficient (Wildman–Crippen LogP) is 4.27. The van der Waals surface area contributed by atoms with Gasteiger partial charge in [0.25, 0.3) is 5.91 Å². The van der Waals surface area contributed by atoms with E-state index in [9.17, 15) is 14.4 Å². The molecule has 186 valence electrons. The summed E-state index contributed by atoms with van der Waals surface area (Å²) in [5, 5.41) is 1.96. The van der Waals surface area contributed by atoms with Crippen molar-refractivity contribution >= 4 is 45.5 Å². The van der Waals surface area contributed by atoms with E-state index in [4.69, 9.17) is 9.57 Å². The van der Waals surface area contributed by atoms with E-state index in [-0.39, 0.29) is 10.6 Å². The van der Waals surface area contributed by atoms with Crippen molar-refractivity contribution in [2.24, 2.45) is 5.92 Å². The molecule has 36 heavy (non-hydrogen) atoms. The molecule has 3 atom stereocenters. The summed E-state index contributed by atoms with van der Waals surface area (Å²) in [7, 11) is 5.21. The summed E-state index contributed by atoms with van der Waals surface area (Å²) < 4.78 is 4.97. The van der Waals surface area contributed by atoms with Crippen LogP contribution in [0, 0.1) is 19.8 Å². The lowest BCUT2D eigenvalue weighted by atomic mass is 9.90. The highest BCUT2D eigenvalue weighted by molar-refractivity contribution is 7.17. The molecule has 2 aromatic carbocycles. The summed E-state index contributed by atoms with van der Waals surface area (Å²) in [4.78, 5) is 50.4. The highest BCUT2D eigenvalue weighted by Crippen LogP contribution is 2.49. The maximum atomic E-state index is 14.0. The number of thiophene rings is 1. The quantitative estimate of drug-likeness (QED) is 0.379. The largest absolute Gasteiger partial charge is 0.465 e. The summed E-state index contributed by atoms with van der Waals surface area (Å²) in [6.45, 7) is 3.64. The minimum absolute atomic E-state index is 0.244. The normalized spacial score (nSPS) is 21.2. The molecule has 0 aliphatic carbocycles. The summed E-state index contributed by atoms with van der Waals surface area (Å²) in [5.74, 6) is -2.23. The molecule has 3 heterocycles. The van der Waals surface area contributed by atoms with Gasteiger partial charge in [0.15, 0.2) is 6.10 Å². The molecule has 2 saturated heterocycles. The predicted molar refractivity (Wildman–Crippen MR) is 138 cm³/mol.